The minimum atomic E-state index is 0.431. The molecule has 0 unspecified atom stereocenters. The normalized spacial score (nSPS) is 13.8. The molecular weight excluding hydrogens is 246 g/mol. The summed E-state index contributed by atoms with van der Waals surface area (Å²) in [5.74, 6) is 1.29. The molecule has 1 aliphatic rings. The second kappa shape index (κ2) is 5.33. The molecule has 1 aromatic carbocycles. The summed E-state index contributed by atoms with van der Waals surface area (Å²) >= 11 is 0. The van der Waals surface area contributed by atoms with E-state index in [9.17, 15) is 0 Å². The summed E-state index contributed by atoms with van der Waals surface area (Å²) in [5.41, 5.74) is 6.11. The van der Waals surface area contributed by atoms with E-state index in [4.69, 9.17) is 9.97 Å². The van der Waals surface area contributed by atoms with Gasteiger partial charge in [0, 0.05) is 24.2 Å². The van der Waals surface area contributed by atoms with Gasteiger partial charge in [-0.2, -0.15) is 0 Å². The Morgan fingerprint density at radius 1 is 1.10 bits per heavy atom. The third-order valence-corrected chi connectivity index (χ3v) is 3.89. The van der Waals surface area contributed by atoms with Crippen molar-refractivity contribution in [1.29, 1.82) is 0 Å². The lowest BCUT2D eigenvalue weighted by molar-refractivity contribution is 0.746. The van der Waals surface area contributed by atoms with Crippen molar-refractivity contribution in [3.05, 3.63) is 46.8 Å². The highest BCUT2D eigenvalue weighted by molar-refractivity contribution is 5.57. The van der Waals surface area contributed by atoms with Crippen molar-refractivity contribution in [3.8, 4) is 11.4 Å². The second-order valence-corrected chi connectivity index (χ2v) is 5.67. The maximum Gasteiger partial charge on any atom is 0.159 e. The average Bonchev–Trinajstić information content (AvgIpc) is 2.94. The first kappa shape index (κ1) is 13.3. The maximum absolute atomic E-state index is 4.82. The van der Waals surface area contributed by atoms with Gasteiger partial charge in [0.2, 0.25) is 0 Å². The highest BCUT2D eigenvalue weighted by Gasteiger charge is 2.20. The van der Waals surface area contributed by atoms with Gasteiger partial charge >= 0.3 is 0 Å². The molecule has 0 saturated heterocycles. The van der Waals surface area contributed by atoms with E-state index in [2.05, 4.69) is 50.4 Å². The molecule has 1 aliphatic heterocycles. The molecule has 20 heavy (non-hydrogen) atoms. The summed E-state index contributed by atoms with van der Waals surface area (Å²) in [6, 6.07) is 8.60. The number of rotatable bonds is 3. The summed E-state index contributed by atoms with van der Waals surface area (Å²) < 4.78 is 0. The number of aromatic nitrogens is 2. The number of hydrogen-bond acceptors (Lipinski definition) is 3. The quantitative estimate of drug-likeness (QED) is 0.925. The first-order valence-corrected chi connectivity index (χ1v) is 7.38. The van der Waals surface area contributed by atoms with Crippen LogP contribution >= 0.6 is 0 Å². The van der Waals surface area contributed by atoms with Gasteiger partial charge in [-0.3, -0.25) is 0 Å². The summed E-state index contributed by atoms with van der Waals surface area (Å²) in [6.07, 6.45) is 1.06. The van der Waals surface area contributed by atoms with E-state index in [1.807, 2.05) is 0 Å². The third-order valence-electron chi connectivity index (χ3n) is 3.89. The van der Waals surface area contributed by atoms with Gasteiger partial charge in [0.1, 0.15) is 0 Å². The van der Waals surface area contributed by atoms with Crippen molar-refractivity contribution >= 4 is 0 Å². The molecule has 3 heteroatoms. The molecule has 104 valence electrons. The molecule has 0 saturated carbocycles. The van der Waals surface area contributed by atoms with E-state index in [1.54, 1.807) is 0 Å². The lowest BCUT2D eigenvalue weighted by atomic mass is 10.0. The summed E-state index contributed by atoms with van der Waals surface area (Å²) in [5, 5.41) is 3.38. The number of benzene rings is 1. The van der Waals surface area contributed by atoms with Crippen molar-refractivity contribution in [2.75, 3.05) is 0 Å². The zero-order valence-electron chi connectivity index (χ0n) is 12.4. The Balaban J connectivity index is 2.07. The summed E-state index contributed by atoms with van der Waals surface area (Å²) in [4.78, 5) is 9.57. The van der Waals surface area contributed by atoms with Crippen molar-refractivity contribution in [2.45, 2.75) is 46.2 Å². The van der Waals surface area contributed by atoms with E-state index in [1.165, 1.54) is 22.5 Å². The van der Waals surface area contributed by atoms with Crippen LogP contribution in [0.15, 0.2) is 24.3 Å². The second-order valence-electron chi connectivity index (χ2n) is 5.67. The predicted octanol–water partition coefficient (Wildman–Crippen LogP) is 3.43. The number of aryl methyl sites for hydroxylation is 1. The van der Waals surface area contributed by atoms with Crippen LogP contribution in [0.5, 0.6) is 0 Å². The molecule has 0 fully saturated rings. The van der Waals surface area contributed by atoms with E-state index in [-0.39, 0.29) is 0 Å². The van der Waals surface area contributed by atoms with Gasteiger partial charge in [-0.25, -0.2) is 9.97 Å². The van der Waals surface area contributed by atoms with Gasteiger partial charge in [0.25, 0.3) is 0 Å². The Morgan fingerprint density at radius 3 is 2.50 bits per heavy atom. The highest BCUT2D eigenvalue weighted by atomic mass is 15.0. The molecular formula is C17H21N3. The van der Waals surface area contributed by atoms with E-state index in [0.717, 1.165) is 30.9 Å². The minimum Gasteiger partial charge on any atom is -0.307 e. The van der Waals surface area contributed by atoms with E-state index in [0.29, 0.717) is 5.92 Å². The van der Waals surface area contributed by atoms with Crippen LogP contribution in [-0.4, -0.2) is 9.97 Å². The monoisotopic (exact) mass is 267 g/mol. The number of nitrogens with zero attached hydrogens (tertiary/aromatic N) is 2. The fourth-order valence-corrected chi connectivity index (χ4v) is 2.69. The summed E-state index contributed by atoms with van der Waals surface area (Å²) in [6.45, 7) is 8.33. The van der Waals surface area contributed by atoms with Gasteiger partial charge in [0.05, 0.1) is 11.4 Å². The zero-order chi connectivity index (χ0) is 14.1. The van der Waals surface area contributed by atoms with Crippen molar-refractivity contribution in [1.82, 2.24) is 15.3 Å². The number of fused-ring (bicyclic) bond motifs is 1. The standard InChI is InChI=1S/C17H21N3/c1-4-12-5-7-13(8-6-12)17-19-15-10-18-9-14(15)16(20-17)11(2)3/h5-8,11,18H,4,9-10H2,1-3H3. The molecule has 0 atom stereocenters. The zero-order valence-corrected chi connectivity index (χ0v) is 12.4. The molecule has 0 bridgehead atoms. The first-order chi connectivity index (χ1) is 9.69. The fraction of sp³-hybridized carbons (Fsp3) is 0.412. The van der Waals surface area contributed by atoms with Gasteiger partial charge in [-0.15, -0.1) is 0 Å². The molecule has 1 aromatic heterocycles. The SMILES string of the molecule is CCc1ccc(-c2nc3c(c(C(C)C)n2)CNC3)cc1. The van der Waals surface area contributed by atoms with Crippen LogP contribution in [0.2, 0.25) is 0 Å². The van der Waals surface area contributed by atoms with Crippen LogP contribution in [0, 0.1) is 0 Å². The Kier molecular flexibility index (Phi) is 3.53. The van der Waals surface area contributed by atoms with Crippen molar-refractivity contribution in [2.24, 2.45) is 0 Å². The molecule has 0 amide bonds. The smallest absolute Gasteiger partial charge is 0.159 e. The molecule has 3 nitrogen and oxygen atoms in total. The predicted molar refractivity (Wildman–Crippen MR) is 81.5 cm³/mol. The first-order valence-electron chi connectivity index (χ1n) is 7.38. The topological polar surface area (TPSA) is 37.8 Å². The maximum atomic E-state index is 4.82. The lowest BCUT2D eigenvalue weighted by Gasteiger charge is -2.12. The third kappa shape index (κ3) is 2.34. The molecule has 0 spiro atoms. The van der Waals surface area contributed by atoms with Crippen LogP contribution in [0.1, 0.15) is 49.2 Å². The van der Waals surface area contributed by atoms with E-state index >= 15 is 0 Å². The van der Waals surface area contributed by atoms with Crippen LogP contribution in [-0.2, 0) is 19.5 Å². The minimum absolute atomic E-state index is 0.431. The Hall–Kier alpha value is -1.74. The van der Waals surface area contributed by atoms with Crippen LogP contribution in [0.25, 0.3) is 11.4 Å². The molecule has 0 aliphatic carbocycles. The number of hydrogen-bond donors (Lipinski definition) is 1. The summed E-state index contributed by atoms with van der Waals surface area (Å²) in [7, 11) is 0. The largest absolute Gasteiger partial charge is 0.307 e. The molecule has 0 radical (unpaired) electrons. The average molecular weight is 267 g/mol. The highest BCUT2D eigenvalue weighted by Crippen LogP contribution is 2.27. The Labute approximate surface area is 120 Å². The molecule has 1 N–H and O–H groups in total. The van der Waals surface area contributed by atoms with Crippen LogP contribution < -0.4 is 5.32 Å². The Bertz CT molecular complexity index is 615. The van der Waals surface area contributed by atoms with Gasteiger partial charge in [-0.05, 0) is 17.9 Å². The molecule has 2 aromatic rings. The molecule has 2 heterocycles. The van der Waals surface area contributed by atoms with Gasteiger partial charge in [0.15, 0.2) is 5.82 Å². The number of nitrogens with one attached hydrogen (secondary N) is 1. The fourth-order valence-electron chi connectivity index (χ4n) is 2.69. The van der Waals surface area contributed by atoms with E-state index < -0.39 is 0 Å². The van der Waals surface area contributed by atoms with Crippen LogP contribution in [0.4, 0.5) is 0 Å². The molecule has 3 rings (SSSR count). The van der Waals surface area contributed by atoms with Crippen molar-refractivity contribution < 1.29 is 0 Å². The van der Waals surface area contributed by atoms with Crippen molar-refractivity contribution in [3.63, 3.8) is 0 Å². The Morgan fingerprint density at radius 2 is 1.85 bits per heavy atom. The lowest BCUT2D eigenvalue weighted by Crippen LogP contribution is -2.05. The van der Waals surface area contributed by atoms with Crippen LogP contribution in [0.3, 0.4) is 0 Å². The van der Waals surface area contributed by atoms with Gasteiger partial charge in [-0.1, -0.05) is 45.0 Å². The van der Waals surface area contributed by atoms with Gasteiger partial charge < -0.3 is 5.32 Å².